The van der Waals surface area contributed by atoms with Crippen LogP contribution in [0.5, 0.6) is 0 Å². The molecule has 0 saturated carbocycles. The van der Waals surface area contributed by atoms with Crippen molar-refractivity contribution >= 4 is 0 Å². The first-order chi connectivity index (χ1) is 7.26. The van der Waals surface area contributed by atoms with Gasteiger partial charge in [0.25, 0.3) is 0 Å². The standard InChI is InChI=1S/C11H24N2O2/c1-13-6-4-10(5-7-13)12-8-11(15-3)9-14-2/h10-12H,4-9H2,1-3H3. The molecule has 1 aliphatic rings. The Morgan fingerprint density at radius 2 is 2.00 bits per heavy atom. The topological polar surface area (TPSA) is 33.7 Å². The van der Waals surface area contributed by atoms with Crippen LogP contribution in [0.1, 0.15) is 12.8 Å². The number of hydrogen-bond donors (Lipinski definition) is 1. The maximum absolute atomic E-state index is 5.30. The van der Waals surface area contributed by atoms with Gasteiger partial charge in [-0.15, -0.1) is 0 Å². The molecule has 15 heavy (non-hydrogen) atoms. The average Bonchev–Trinajstić information content (AvgIpc) is 2.26. The Morgan fingerprint density at radius 1 is 1.33 bits per heavy atom. The quantitative estimate of drug-likeness (QED) is 0.694. The number of methoxy groups -OCH3 is 2. The molecular formula is C11H24N2O2. The minimum Gasteiger partial charge on any atom is -0.382 e. The van der Waals surface area contributed by atoms with E-state index in [-0.39, 0.29) is 6.10 Å². The van der Waals surface area contributed by atoms with Crippen molar-refractivity contribution in [2.75, 3.05) is 47.5 Å². The molecule has 1 atom stereocenters. The molecule has 0 radical (unpaired) electrons. The first-order valence-electron chi connectivity index (χ1n) is 5.70. The number of nitrogens with zero attached hydrogens (tertiary/aromatic N) is 1. The van der Waals surface area contributed by atoms with Crippen LogP contribution in [0.25, 0.3) is 0 Å². The van der Waals surface area contributed by atoms with Crippen molar-refractivity contribution in [3.8, 4) is 0 Å². The summed E-state index contributed by atoms with van der Waals surface area (Å²) in [6.07, 6.45) is 2.65. The van der Waals surface area contributed by atoms with Gasteiger partial charge in [0.15, 0.2) is 0 Å². The molecule has 1 fully saturated rings. The average molecular weight is 216 g/mol. The second-order valence-electron chi connectivity index (χ2n) is 4.30. The summed E-state index contributed by atoms with van der Waals surface area (Å²) >= 11 is 0. The first kappa shape index (κ1) is 12.9. The van der Waals surface area contributed by atoms with E-state index in [1.807, 2.05) is 0 Å². The molecule has 0 aromatic carbocycles. The summed E-state index contributed by atoms with van der Waals surface area (Å²) in [7, 11) is 5.63. The molecule has 1 aliphatic heterocycles. The van der Waals surface area contributed by atoms with Crippen LogP contribution in [0, 0.1) is 0 Å². The smallest absolute Gasteiger partial charge is 0.0928 e. The molecule has 0 spiro atoms. The van der Waals surface area contributed by atoms with Gasteiger partial charge in [-0.05, 0) is 33.0 Å². The maximum atomic E-state index is 5.30. The third-order valence-corrected chi connectivity index (χ3v) is 3.04. The molecule has 0 aromatic heterocycles. The highest BCUT2D eigenvalue weighted by Crippen LogP contribution is 2.08. The second kappa shape index (κ2) is 7.17. The summed E-state index contributed by atoms with van der Waals surface area (Å²) in [5, 5.41) is 3.55. The zero-order chi connectivity index (χ0) is 11.1. The van der Waals surface area contributed by atoms with Gasteiger partial charge in [-0.25, -0.2) is 0 Å². The number of hydrogen-bond acceptors (Lipinski definition) is 4. The Morgan fingerprint density at radius 3 is 2.53 bits per heavy atom. The molecule has 1 unspecified atom stereocenters. The van der Waals surface area contributed by atoms with E-state index in [9.17, 15) is 0 Å². The van der Waals surface area contributed by atoms with Gasteiger partial charge in [-0.3, -0.25) is 0 Å². The van der Waals surface area contributed by atoms with E-state index in [0.29, 0.717) is 12.6 Å². The van der Waals surface area contributed by atoms with Gasteiger partial charge >= 0.3 is 0 Å². The minimum absolute atomic E-state index is 0.176. The molecule has 0 aromatic rings. The van der Waals surface area contributed by atoms with E-state index < -0.39 is 0 Å². The van der Waals surface area contributed by atoms with Crippen molar-refractivity contribution in [3.05, 3.63) is 0 Å². The summed E-state index contributed by atoms with van der Waals surface area (Å²) in [4.78, 5) is 2.38. The zero-order valence-corrected chi connectivity index (χ0v) is 10.2. The zero-order valence-electron chi connectivity index (χ0n) is 10.2. The van der Waals surface area contributed by atoms with Crippen molar-refractivity contribution in [2.24, 2.45) is 0 Å². The van der Waals surface area contributed by atoms with Crippen molar-refractivity contribution in [1.29, 1.82) is 0 Å². The van der Waals surface area contributed by atoms with Crippen LogP contribution in [0.15, 0.2) is 0 Å². The SMILES string of the molecule is COCC(CNC1CCN(C)CC1)OC. The molecule has 1 rings (SSSR count). The highest BCUT2D eigenvalue weighted by atomic mass is 16.5. The summed E-state index contributed by atoms with van der Waals surface area (Å²) < 4.78 is 10.4. The van der Waals surface area contributed by atoms with Gasteiger partial charge in [0.05, 0.1) is 12.7 Å². The second-order valence-corrected chi connectivity index (χ2v) is 4.30. The van der Waals surface area contributed by atoms with Crippen LogP contribution in [-0.2, 0) is 9.47 Å². The van der Waals surface area contributed by atoms with Crippen molar-refractivity contribution in [1.82, 2.24) is 10.2 Å². The third kappa shape index (κ3) is 4.93. The van der Waals surface area contributed by atoms with Gasteiger partial charge in [-0.2, -0.15) is 0 Å². The Labute approximate surface area is 92.9 Å². The van der Waals surface area contributed by atoms with Gasteiger partial charge in [0, 0.05) is 26.8 Å². The molecule has 0 amide bonds. The van der Waals surface area contributed by atoms with Crippen molar-refractivity contribution in [2.45, 2.75) is 25.0 Å². The fraction of sp³-hybridized carbons (Fsp3) is 1.00. The van der Waals surface area contributed by atoms with Crippen LogP contribution >= 0.6 is 0 Å². The lowest BCUT2D eigenvalue weighted by Gasteiger charge is -2.30. The minimum atomic E-state index is 0.176. The van der Waals surface area contributed by atoms with Crippen LogP contribution in [0.3, 0.4) is 0 Å². The predicted octanol–water partition coefficient (Wildman–Crippen LogP) is 0.332. The fourth-order valence-corrected chi connectivity index (χ4v) is 1.91. The molecule has 0 aliphatic carbocycles. The molecule has 90 valence electrons. The van der Waals surface area contributed by atoms with E-state index in [4.69, 9.17) is 9.47 Å². The van der Waals surface area contributed by atoms with Crippen LogP contribution in [-0.4, -0.2) is 64.6 Å². The van der Waals surface area contributed by atoms with E-state index in [1.165, 1.54) is 25.9 Å². The number of nitrogens with one attached hydrogen (secondary N) is 1. The number of likely N-dealkylation sites (tertiary alicyclic amines) is 1. The first-order valence-corrected chi connectivity index (χ1v) is 5.70. The van der Waals surface area contributed by atoms with Crippen molar-refractivity contribution < 1.29 is 9.47 Å². The largest absolute Gasteiger partial charge is 0.382 e. The molecule has 1 heterocycles. The van der Waals surface area contributed by atoms with E-state index in [0.717, 1.165) is 6.54 Å². The molecule has 1 saturated heterocycles. The molecule has 4 nitrogen and oxygen atoms in total. The summed E-state index contributed by atoms with van der Waals surface area (Å²) in [5.74, 6) is 0. The van der Waals surface area contributed by atoms with Gasteiger partial charge in [-0.1, -0.05) is 0 Å². The van der Waals surface area contributed by atoms with Gasteiger partial charge < -0.3 is 19.7 Å². The summed E-state index contributed by atoms with van der Waals surface area (Å²) in [6.45, 7) is 3.94. The number of piperidine rings is 1. The third-order valence-electron chi connectivity index (χ3n) is 3.04. The van der Waals surface area contributed by atoms with Crippen LogP contribution in [0.2, 0.25) is 0 Å². The molecular weight excluding hydrogens is 192 g/mol. The van der Waals surface area contributed by atoms with E-state index >= 15 is 0 Å². The Balaban J connectivity index is 2.12. The lowest BCUT2D eigenvalue weighted by molar-refractivity contribution is 0.0260. The van der Waals surface area contributed by atoms with E-state index in [2.05, 4.69) is 17.3 Å². The number of ether oxygens (including phenoxy) is 2. The maximum Gasteiger partial charge on any atom is 0.0928 e. The molecule has 1 N–H and O–H groups in total. The van der Waals surface area contributed by atoms with Crippen LogP contribution < -0.4 is 5.32 Å². The van der Waals surface area contributed by atoms with Crippen LogP contribution in [0.4, 0.5) is 0 Å². The highest BCUT2D eigenvalue weighted by molar-refractivity contribution is 4.76. The van der Waals surface area contributed by atoms with Gasteiger partial charge in [0.1, 0.15) is 0 Å². The Kier molecular flexibility index (Phi) is 6.17. The summed E-state index contributed by atoms with van der Waals surface area (Å²) in [5.41, 5.74) is 0. The Hall–Kier alpha value is -0.160. The lowest BCUT2D eigenvalue weighted by atomic mass is 10.1. The fourth-order valence-electron chi connectivity index (χ4n) is 1.91. The lowest BCUT2D eigenvalue weighted by Crippen LogP contribution is -2.44. The molecule has 0 bridgehead atoms. The number of rotatable bonds is 6. The van der Waals surface area contributed by atoms with E-state index in [1.54, 1.807) is 14.2 Å². The summed E-state index contributed by atoms with van der Waals surface area (Å²) in [6, 6.07) is 0.649. The Bertz CT molecular complexity index is 159. The van der Waals surface area contributed by atoms with Crippen molar-refractivity contribution in [3.63, 3.8) is 0 Å². The van der Waals surface area contributed by atoms with Gasteiger partial charge in [0.2, 0.25) is 0 Å². The molecule has 4 heteroatoms. The predicted molar refractivity (Wildman–Crippen MR) is 61.2 cm³/mol. The normalized spacial score (nSPS) is 21.8. The monoisotopic (exact) mass is 216 g/mol. The highest BCUT2D eigenvalue weighted by Gasteiger charge is 2.17.